The molecule has 10 nitrogen and oxygen atoms in total. The predicted molar refractivity (Wildman–Crippen MR) is 173 cm³/mol. The summed E-state index contributed by atoms with van der Waals surface area (Å²) >= 11 is 6.08. The average molecular weight is 650 g/mol. The number of hydrazine groups is 2. The second-order valence-electron chi connectivity index (χ2n) is 11.3. The van der Waals surface area contributed by atoms with Gasteiger partial charge in [-0.25, -0.2) is 19.3 Å². The first kappa shape index (κ1) is 31.5. The molecule has 46 heavy (non-hydrogen) atoms. The molecule has 6 rings (SSSR count). The van der Waals surface area contributed by atoms with Crippen LogP contribution >= 0.6 is 11.6 Å². The Morgan fingerprint density at radius 3 is 2.65 bits per heavy atom. The molecule has 1 saturated heterocycles. The largest absolute Gasteiger partial charge is 0.493 e. The molecule has 3 aromatic rings. The van der Waals surface area contributed by atoms with E-state index in [9.17, 15) is 14.0 Å². The van der Waals surface area contributed by atoms with Gasteiger partial charge in [0, 0.05) is 29.4 Å². The molecule has 0 aromatic heterocycles. The molecular weight excluding hydrogens is 616 g/mol. The van der Waals surface area contributed by atoms with E-state index in [1.165, 1.54) is 58.7 Å². The number of fused-ring (bicyclic) bond motifs is 1. The van der Waals surface area contributed by atoms with Gasteiger partial charge in [-0.15, -0.1) is 5.53 Å². The first-order chi connectivity index (χ1) is 22.4. The SMILES string of the molecule is O=C(Nc1ccc(F)cc1)C1c2cccc(OCCC3CCNCC3)c2CCN1C(=O)/C=C/c1c(N2C=NNN2)ccc(Cl)c1F. The van der Waals surface area contributed by atoms with E-state index in [4.69, 9.17) is 16.3 Å². The zero-order valence-corrected chi connectivity index (χ0v) is 25.7. The number of amides is 2. The first-order valence-corrected chi connectivity index (χ1v) is 15.6. The molecule has 240 valence electrons. The van der Waals surface area contributed by atoms with Crippen molar-refractivity contribution in [3.8, 4) is 5.75 Å². The maximum atomic E-state index is 15.2. The number of nitrogens with one attached hydrogen (secondary N) is 4. The fourth-order valence-electron chi connectivity index (χ4n) is 6.04. The smallest absolute Gasteiger partial charge is 0.251 e. The van der Waals surface area contributed by atoms with Gasteiger partial charge in [0.05, 0.1) is 17.3 Å². The van der Waals surface area contributed by atoms with Crippen LogP contribution in [0.25, 0.3) is 6.08 Å². The molecule has 1 unspecified atom stereocenters. The molecule has 3 aliphatic rings. The van der Waals surface area contributed by atoms with Crippen LogP contribution in [0.4, 0.5) is 20.2 Å². The van der Waals surface area contributed by atoms with Crippen molar-refractivity contribution in [1.82, 2.24) is 21.3 Å². The number of carbonyl (C=O) groups excluding carboxylic acids is 2. The van der Waals surface area contributed by atoms with Crippen molar-refractivity contribution in [2.45, 2.75) is 31.7 Å². The zero-order chi connectivity index (χ0) is 32.0. The fourth-order valence-corrected chi connectivity index (χ4v) is 6.20. The van der Waals surface area contributed by atoms with Gasteiger partial charge in [0.15, 0.2) is 5.82 Å². The van der Waals surface area contributed by atoms with Crippen molar-refractivity contribution in [1.29, 1.82) is 0 Å². The molecule has 2 amide bonds. The molecule has 1 fully saturated rings. The number of benzene rings is 3. The molecule has 4 N–H and O–H groups in total. The molecule has 3 aliphatic heterocycles. The van der Waals surface area contributed by atoms with Gasteiger partial charge in [0.1, 0.15) is 23.9 Å². The molecule has 0 aliphatic carbocycles. The van der Waals surface area contributed by atoms with E-state index in [0.29, 0.717) is 41.6 Å². The van der Waals surface area contributed by atoms with E-state index in [-0.39, 0.29) is 17.1 Å². The topological polar surface area (TPSA) is 110 Å². The van der Waals surface area contributed by atoms with Crippen LogP contribution in [-0.2, 0) is 16.0 Å². The summed E-state index contributed by atoms with van der Waals surface area (Å²) in [5.41, 5.74) is 7.57. The van der Waals surface area contributed by atoms with Gasteiger partial charge in [-0.05, 0) is 98.8 Å². The lowest BCUT2D eigenvalue weighted by Crippen LogP contribution is -2.45. The minimum atomic E-state index is -1.03. The van der Waals surface area contributed by atoms with Gasteiger partial charge < -0.3 is 20.3 Å². The van der Waals surface area contributed by atoms with E-state index in [2.05, 4.69) is 26.8 Å². The number of carbonyl (C=O) groups is 2. The molecular formula is C33H34ClF2N7O3. The summed E-state index contributed by atoms with van der Waals surface area (Å²) in [5, 5.41) is 11.4. The number of piperidine rings is 1. The van der Waals surface area contributed by atoms with Crippen LogP contribution in [-0.4, -0.2) is 49.3 Å². The van der Waals surface area contributed by atoms with Gasteiger partial charge in [-0.1, -0.05) is 23.7 Å². The Balaban J connectivity index is 1.28. The highest BCUT2D eigenvalue weighted by atomic mass is 35.5. The lowest BCUT2D eigenvalue weighted by Gasteiger charge is -2.36. The maximum Gasteiger partial charge on any atom is 0.251 e. The van der Waals surface area contributed by atoms with Gasteiger partial charge in [-0.2, -0.15) is 5.10 Å². The van der Waals surface area contributed by atoms with Crippen LogP contribution in [0.2, 0.25) is 5.02 Å². The van der Waals surface area contributed by atoms with Crippen molar-refractivity contribution < 1.29 is 23.1 Å². The Kier molecular flexibility index (Phi) is 9.76. The summed E-state index contributed by atoms with van der Waals surface area (Å²) in [5.74, 6) is -0.843. The number of hydrazone groups is 1. The van der Waals surface area contributed by atoms with Gasteiger partial charge in [-0.3, -0.25) is 9.59 Å². The average Bonchev–Trinajstić information content (AvgIpc) is 3.61. The number of rotatable bonds is 9. The zero-order valence-electron chi connectivity index (χ0n) is 24.9. The van der Waals surface area contributed by atoms with Crippen molar-refractivity contribution in [2.24, 2.45) is 11.0 Å². The van der Waals surface area contributed by atoms with E-state index in [1.807, 2.05) is 18.2 Å². The van der Waals surface area contributed by atoms with Crippen LogP contribution in [0, 0.1) is 17.6 Å². The molecule has 0 radical (unpaired) electrons. The van der Waals surface area contributed by atoms with Crippen LogP contribution < -0.4 is 31.4 Å². The number of hydrogen-bond acceptors (Lipinski definition) is 8. The molecule has 3 aromatic carbocycles. The van der Waals surface area contributed by atoms with Crippen LogP contribution in [0.5, 0.6) is 5.75 Å². The Labute approximate surface area is 270 Å². The third-order valence-electron chi connectivity index (χ3n) is 8.43. The van der Waals surface area contributed by atoms with Crippen molar-refractivity contribution in [3.63, 3.8) is 0 Å². The minimum Gasteiger partial charge on any atom is -0.493 e. The number of nitrogens with zero attached hydrogens (tertiary/aromatic N) is 3. The third-order valence-corrected chi connectivity index (χ3v) is 8.73. The van der Waals surface area contributed by atoms with Gasteiger partial charge >= 0.3 is 0 Å². The molecule has 0 saturated carbocycles. The number of anilines is 2. The standard InChI is InChI=1S/C33H34ClF2N7O3/c34-27-9-10-28(43-20-38-40-41-43)26(31(27)36)8-11-30(44)42-18-14-24-25(32(42)33(45)39-23-6-4-22(35)5-7-23)2-1-3-29(24)46-19-15-21-12-16-37-17-13-21/h1-11,20-21,32,37,40-41H,12-19H2,(H,39,45)/b11-8+. The monoisotopic (exact) mass is 649 g/mol. The molecule has 3 heterocycles. The normalized spacial score (nSPS) is 18.0. The highest BCUT2D eigenvalue weighted by Crippen LogP contribution is 2.37. The Bertz CT molecular complexity index is 1650. The number of hydrogen-bond donors (Lipinski definition) is 4. The van der Waals surface area contributed by atoms with Crippen LogP contribution in [0.3, 0.4) is 0 Å². The van der Waals surface area contributed by atoms with Gasteiger partial charge in [0.25, 0.3) is 5.91 Å². The van der Waals surface area contributed by atoms with E-state index >= 15 is 4.39 Å². The summed E-state index contributed by atoms with van der Waals surface area (Å²) < 4.78 is 35.0. The highest BCUT2D eigenvalue weighted by Gasteiger charge is 2.37. The van der Waals surface area contributed by atoms with Crippen molar-refractivity contribution in [3.05, 3.63) is 94.0 Å². The van der Waals surface area contributed by atoms with Crippen LogP contribution in [0.1, 0.15) is 42.0 Å². The summed E-state index contributed by atoms with van der Waals surface area (Å²) in [6, 6.07) is 12.9. The second-order valence-corrected chi connectivity index (χ2v) is 11.7. The Morgan fingerprint density at radius 2 is 1.89 bits per heavy atom. The lowest BCUT2D eigenvalue weighted by molar-refractivity contribution is -0.135. The second kappa shape index (κ2) is 14.3. The molecule has 1 atom stereocenters. The summed E-state index contributed by atoms with van der Waals surface area (Å²) in [7, 11) is 0. The Hall–Kier alpha value is -4.52. The van der Waals surface area contributed by atoms with Crippen molar-refractivity contribution in [2.75, 3.05) is 36.6 Å². The third kappa shape index (κ3) is 6.99. The highest BCUT2D eigenvalue weighted by molar-refractivity contribution is 6.31. The number of ether oxygens (including phenoxy) is 1. The van der Waals surface area contributed by atoms with Crippen molar-refractivity contribution >= 4 is 47.2 Å². The summed E-state index contributed by atoms with van der Waals surface area (Å²) in [4.78, 5) is 29.1. The Morgan fingerprint density at radius 1 is 1.09 bits per heavy atom. The summed E-state index contributed by atoms with van der Waals surface area (Å²) in [6.45, 7) is 2.79. The predicted octanol–water partition coefficient (Wildman–Crippen LogP) is 4.94. The summed E-state index contributed by atoms with van der Waals surface area (Å²) in [6.07, 6.45) is 7.59. The van der Waals surface area contributed by atoms with E-state index in [1.54, 1.807) is 6.07 Å². The van der Waals surface area contributed by atoms with E-state index < -0.39 is 29.5 Å². The fraction of sp³-hybridized carbons (Fsp3) is 0.303. The maximum absolute atomic E-state index is 15.2. The lowest BCUT2D eigenvalue weighted by atomic mass is 9.90. The molecule has 13 heteroatoms. The minimum absolute atomic E-state index is 0.0534. The van der Waals surface area contributed by atoms with E-state index in [0.717, 1.165) is 37.9 Å². The number of halogens is 3. The van der Waals surface area contributed by atoms with Crippen LogP contribution in [0.15, 0.2) is 65.8 Å². The molecule has 0 spiro atoms. The molecule has 0 bridgehead atoms. The quantitative estimate of drug-likeness (QED) is 0.243. The first-order valence-electron chi connectivity index (χ1n) is 15.2. The van der Waals surface area contributed by atoms with Gasteiger partial charge in [0.2, 0.25) is 5.91 Å².